The Kier molecular flexibility index (Phi) is 5.61. The summed E-state index contributed by atoms with van der Waals surface area (Å²) in [6.45, 7) is 3.80. The van der Waals surface area contributed by atoms with Gasteiger partial charge in [-0.3, -0.25) is 10.1 Å². The molecule has 0 spiro atoms. The van der Waals surface area contributed by atoms with Crippen LogP contribution in [0.5, 0.6) is 0 Å². The topological polar surface area (TPSA) is 78.1 Å². The van der Waals surface area contributed by atoms with Crippen LogP contribution in [-0.2, 0) is 0 Å². The van der Waals surface area contributed by atoms with E-state index in [1.165, 1.54) is 11.3 Å². The highest BCUT2D eigenvalue weighted by molar-refractivity contribution is 7.80. The van der Waals surface area contributed by atoms with E-state index in [0.717, 1.165) is 16.0 Å². The molecule has 1 aromatic carbocycles. The van der Waals surface area contributed by atoms with Gasteiger partial charge in [-0.2, -0.15) is 5.26 Å². The number of aryl methyl sites for hydroxylation is 1. The van der Waals surface area contributed by atoms with Gasteiger partial charge < -0.3 is 9.73 Å². The molecule has 3 aromatic rings. The highest BCUT2D eigenvalue weighted by Gasteiger charge is 2.17. The first-order valence-corrected chi connectivity index (χ1v) is 9.47. The van der Waals surface area contributed by atoms with E-state index in [1.807, 2.05) is 19.9 Å². The molecule has 0 aliphatic rings. The van der Waals surface area contributed by atoms with E-state index in [4.69, 9.17) is 28.2 Å². The number of hydrogen-bond acceptors (Lipinski definition) is 5. The van der Waals surface area contributed by atoms with E-state index in [1.54, 1.807) is 30.3 Å². The van der Waals surface area contributed by atoms with E-state index in [2.05, 4.69) is 16.7 Å². The molecule has 0 saturated heterocycles. The lowest BCUT2D eigenvalue weighted by Crippen LogP contribution is -2.33. The number of carbonyl (C=O) groups is 1. The molecular formula is C19H14ClN3O2S2. The minimum absolute atomic E-state index is 0.0958. The monoisotopic (exact) mass is 415 g/mol. The second-order valence-corrected chi connectivity index (χ2v) is 7.75. The number of thiocarbonyl (C=S) groups is 1. The molecule has 2 heterocycles. The predicted molar refractivity (Wildman–Crippen MR) is 111 cm³/mol. The average molecular weight is 416 g/mol. The molecule has 0 atom stereocenters. The van der Waals surface area contributed by atoms with Crippen LogP contribution in [0.15, 0.2) is 40.8 Å². The molecule has 0 aliphatic heterocycles. The molecule has 136 valence electrons. The Balaban J connectivity index is 1.70. The fraction of sp³-hybridized carbons (Fsp3) is 0.105. The van der Waals surface area contributed by atoms with Gasteiger partial charge in [0.05, 0.1) is 5.56 Å². The van der Waals surface area contributed by atoms with Gasteiger partial charge in [-0.1, -0.05) is 23.7 Å². The van der Waals surface area contributed by atoms with Crippen LogP contribution in [0, 0.1) is 25.2 Å². The van der Waals surface area contributed by atoms with Gasteiger partial charge in [0, 0.05) is 15.5 Å². The predicted octanol–water partition coefficient (Wildman–Crippen LogP) is 5.28. The fourth-order valence-corrected chi connectivity index (χ4v) is 3.87. The molecule has 0 fully saturated rings. The number of nitriles is 1. The molecule has 2 aromatic heterocycles. The Bertz CT molecular complexity index is 1080. The van der Waals surface area contributed by atoms with Crippen LogP contribution in [0.4, 0.5) is 5.00 Å². The zero-order valence-electron chi connectivity index (χ0n) is 14.4. The van der Waals surface area contributed by atoms with Gasteiger partial charge in [-0.15, -0.1) is 11.3 Å². The molecular weight excluding hydrogens is 402 g/mol. The van der Waals surface area contributed by atoms with Crippen molar-refractivity contribution in [3.63, 3.8) is 0 Å². The van der Waals surface area contributed by atoms with Gasteiger partial charge in [0.15, 0.2) is 10.9 Å². The number of nitrogens with zero attached hydrogens (tertiary/aromatic N) is 1. The van der Waals surface area contributed by atoms with Gasteiger partial charge in [-0.05, 0) is 55.9 Å². The minimum Gasteiger partial charge on any atom is -0.451 e. The lowest BCUT2D eigenvalue weighted by Gasteiger charge is -2.07. The number of benzene rings is 1. The Morgan fingerprint density at radius 1 is 1.30 bits per heavy atom. The van der Waals surface area contributed by atoms with Crippen molar-refractivity contribution >= 4 is 51.2 Å². The van der Waals surface area contributed by atoms with Crippen molar-refractivity contribution in [3.05, 3.63) is 63.2 Å². The fourth-order valence-electron chi connectivity index (χ4n) is 2.41. The van der Waals surface area contributed by atoms with Crippen LogP contribution in [0.25, 0.3) is 11.3 Å². The Labute approximate surface area is 170 Å². The summed E-state index contributed by atoms with van der Waals surface area (Å²) in [6.07, 6.45) is 0. The van der Waals surface area contributed by atoms with Gasteiger partial charge in [0.25, 0.3) is 5.91 Å². The van der Waals surface area contributed by atoms with Crippen molar-refractivity contribution in [2.45, 2.75) is 13.8 Å². The highest BCUT2D eigenvalue weighted by Crippen LogP contribution is 2.31. The molecule has 1 amide bonds. The summed E-state index contributed by atoms with van der Waals surface area (Å²) < 4.78 is 5.60. The van der Waals surface area contributed by atoms with Crippen molar-refractivity contribution in [2.75, 3.05) is 5.32 Å². The Hall–Kier alpha value is -2.66. The van der Waals surface area contributed by atoms with Crippen molar-refractivity contribution in [2.24, 2.45) is 0 Å². The van der Waals surface area contributed by atoms with E-state index in [-0.39, 0.29) is 10.9 Å². The smallest absolute Gasteiger partial charge is 0.293 e. The van der Waals surface area contributed by atoms with Crippen molar-refractivity contribution in [1.29, 1.82) is 5.26 Å². The quantitative estimate of drug-likeness (QED) is 0.569. The second-order valence-electron chi connectivity index (χ2n) is 5.68. The number of halogens is 1. The van der Waals surface area contributed by atoms with Crippen molar-refractivity contribution < 1.29 is 9.21 Å². The summed E-state index contributed by atoms with van der Waals surface area (Å²) in [4.78, 5) is 13.4. The number of carbonyl (C=O) groups excluding carboxylic acids is 1. The van der Waals surface area contributed by atoms with Gasteiger partial charge >= 0.3 is 0 Å². The molecule has 2 N–H and O–H groups in total. The Morgan fingerprint density at radius 2 is 2.07 bits per heavy atom. The second kappa shape index (κ2) is 7.92. The van der Waals surface area contributed by atoms with Crippen molar-refractivity contribution in [1.82, 2.24) is 5.32 Å². The van der Waals surface area contributed by atoms with E-state index in [0.29, 0.717) is 21.3 Å². The summed E-state index contributed by atoms with van der Waals surface area (Å²) >= 11 is 12.6. The molecule has 8 heteroatoms. The molecule has 0 aliphatic carbocycles. The van der Waals surface area contributed by atoms with Crippen molar-refractivity contribution in [3.8, 4) is 17.4 Å². The molecule has 5 nitrogen and oxygen atoms in total. The highest BCUT2D eigenvalue weighted by atomic mass is 35.5. The van der Waals surface area contributed by atoms with Gasteiger partial charge in [-0.25, -0.2) is 0 Å². The summed E-state index contributed by atoms with van der Waals surface area (Å²) in [5, 5.41) is 16.0. The Morgan fingerprint density at radius 3 is 2.78 bits per heavy atom. The van der Waals surface area contributed by atoms with E-state index in [9.17, 15) is 10.1 Å². The number of anilines is 1. The number of amides is 1. The minimum atomic E-state index is -0.482. The third kappa shape index (κ3) is 4.19. The number of hydrogen-bond donors (Lipinski definition) is 2. The maximum atomic E-state index is 12.4. The molecule has 27 heavy (non-hydrogen) atoms. The van der Waals surface area contributed by atoms with Gasteiger partial charge in [0.1, 0.15) is 16.8 Å². The van der Waals surface area contributed by atoms with Crippen LogP contribution in [0.2, 0.25) is 5.02 Å². The first kappa shape index (κ1) is 19.1. The summed E-state index contributed by atoms with van der Waals surface area (Å²) in [5.74, 6) is 0.162. The van der Waals surface area contributed by atoms with Crippen LogP contribution in [0.3, 0.4) is 0 Å². The molecule has 0 bridgehead atoms. The zero-order chi connectivity index (χ0) is 19.6. The van der Waals surface area contributed by atoms with Crippen LogP contribution in [0.1, 0.15) is 26.6 Å². The third-order valence-electron chi connectivity index (χ3n) is 3.89. The molecule has 3 rings (SSSR count). The summed E-state index contributed by atoms with van der Waals surface area (Å²) in [6, 6.07) is 12.5. The lowest BCUT2D eigenvalue weighted by molar-refractivity contribution is 0.0951. The molecule has 0 unspecified atom stereocenters. The SMILES string of the molecule is Cc1sc(NC(=S)NC(=O)c2ccc(-c3cccc(Cl)c3)o2)c(C#N)c1C. The largest absolute Gasteiger partial charge is 0.451 e. The van der Waals surface area contributed by atoms with Crippen LogP contribution >= 0.6 is 35.2 Å². The van der Waals surface area contributed by atoms with Crippen LogP contribution < -0.4 is 10.6 Å². The standard InChI is InChI=1S/C19H14ClN3O2S2/c1-10-11(2)27-18(14(10)9-21)23-19(26)22-17(24)16-7-6-15(25-16)12-4-3-5-13(20)8-12/h3-8H,1-2H3,(H2,22,23,24,26). The van der Waals surface area contributed by atoms with Crippen LogP contribution in [-0.4, -0.2) is 11.0 Å². The first-order valence-electron chi connectivity index (χ1n) is 7.87. The number of thiophene rings is 1. The normalized spacial score (nSPS) is 10.3. The lowest BCUT2D eigenvalue weighted by atomic mass is 10.2. The molecule has 0 radical (unpaired) electrons. The summed E-state index contributed by atoms with van der Waals surface area (Å²) in [7, 11) is 0. The summed E-state index contributed by atoms with van der Waals surface area (Å²) in [5.41, 5.74) is 2.19. The maximum Gasteiger partial charge on any atom is 0.293 e. The van der Waals surface area contributed by atoms with E-state index >= 15 is 0 Å². The number of rotatable bonds is 3. The first-order chi connectivity index (χ1) is 12.9. The zero-order valence-corrected chi connectivity index (χ0v) is 16.8. The average Bonchev–Trinajstić information content (AvgIpc) is 3.21. The number of nitrogens with one attached hydrogen (secondary N) is 2. The van der Waals surface area contributed by atoms with Gasteiger partial charge in [0.2, 0.25) is 0 Å². The maximum absolute atomic E-state index is 12.4. The molecule has 0 saturated carbocycles. The van der Waals surface area contributed by atoms with E-state index < -0.39 is 5.91 Å². The third-order valence-corrected chi connectivity index (χ3v) is 5.45. The number of furan rings is 1.